The van der Waals surface area contributed by atoms with Crippen molar-refractivity contribution in [2.75, 3.05) is 20.0 Å². The second-order valence-electron chi connectivity index (χ2n) is 3.96. The molecule has 0 amide bonds. The number of nitrogens with one attached hydrogen (secondary N) is 1. The van der Waals surface area contributed by atoms with E-state index in [1.807, 2.05) is 0 Å². The van der Waals surface area contributed by atoms with Crippen LogP contribution in [0.4, 0.5) is 19.0 Å². The molecule has 0 atom stereocenters. The highest BCUT2D eigenvalue weighted by Gasteiger charge is 2.36. The Morgan fingerprint density at radius 3 is 2.30 bits per heavy atom. The first-order valence-corrected chi connectivity index (χ1v) is 5.51. The van der Waals surface area contributed by atoms with Gasteiger partial charge in [0.1, 0.15) is 22.9 Å². The van der Waals surface area contributed by atoms with Gasteiger partial charge in [0.05, 0.1) is 19.9 Å². The van der Waals surface area contributed by atoms with Crippen LogP contribution < -0.4 is 15.2 Å². The van der Waals surface area contributed by atoms with Gasteiger partial charge < -0.3 is 15.2 Å². The molecule has 20 heavy (non-hydrogen) atoms. The fourth-order valence-corrected chi connectivity index (χ4v) is 1.83. The molecule has 0 saturated heterocycles. The molecule has 0 radical (unpaired) electrons. The zero-order valence-electron chi connectivity index (χ0n) is 10.7. The van der Waals surface area contributed by atoms with Gasteiger partial charge >= 0.3 is 6.18 Å². The predicted octanol–water partition coefficient (Wildman–Crippen LogP) is 2.69. The number of nitrogens with zero attached hydrogens (tertiary/aromatic N) is 1. The second kappa shape index (κ2) is 4.95. The van der Waals surface area contributed by atoms with E-state index >= 15 is 0 Å². The standard InChI is InChI=1S/C12H12F3N3O2/c1-19-6-3-7(9-5-10(16)18-17-9)11(20-2)8(4-6)12(13,14)15/h3-5H,1-2H3,(H3,16,17,18). The quantitative estimate of drug-likeness (QED) is 0.910. The maximum Gasteiger partial charge on any atom is 0.420 e. The van der Waals surface area contributed by atoms with Crippen molar-refractivity contribution in [1.29, 1.82) is 0 Å². The van der Waals surface area contributed by atoms with E-state index in [0.29, 0.717) is 5.69 Å². The zero-order valence-corrected chi connectivity index (χ0v) is 10.7. The smallest absolute Gasteiger partial charge is 0.420 e. The molecular formula is C12H12F3N3O2. The molecule has 108 valence electrons. The van der Waals surface area contributed by atoms with Crippen molar-refractivity contribution >= 4 is 5.82 Å². The molecule has 0 aliphatic carbocycles. The van der Waals surface area contributed by atoms with Crippen LogP contribution in [-0.2, 0) is 6.18 Å². The number of anilines is 1. The number of ether oxygens (including phenoxy) is 2. The topological polar surface area (TPSA) is 73.2 Å². The average molecular weight is 287 g/mol. The van der Waals surface area contributed by atoms with E-state index in [1.165, 1.54) is 26.4 Å². The zero-order chi connectivity index (χ0) is 14.9. The van der Waals surface area contributed by atoms with Crippen LogP contribution in [0.1, 0.15) is 5.56 Å². The molecule has 3 N–H and O–H groups in total. The van der Waals surface area contributed by atoms with Gasteiger partial charge in [-0.2, -0.15) is 18.3 Å². The van der Waals surface area contributed by atoms with Crippen molar-refractivity contribution in [2.24, 2.45) is 0 Å². The van der Waals surface area contributed by atoms with Crippen LogP contribution in [0.3, 0.4) is 0 Å². The highest BCUT2D eigenvalue weighted by Crippen LogP contribution is 2.44. The van der Waals surface area contributed by atoms with E-state index in [9.17, 15) is 13.2 Å². The first kappa shape index (κ1) is 14.0. The fraction of sp³-hybridized carbons (Fsp3) is 0.250. The summed E-state index contributed by atoms with van der Waals surface area (Å²) >= 11 is 0. The number of nitrogen functional groups attached to an aromatic ring is 1. The van der Waals surface area contributed by atoms with Crippen molar-refractivity contribution in [3.8, 4) is 22.8 Å². The van der Waals surface area contributed by atoms with Gasteiger partial charge in [-0.1, -0.05) is 0 Å². The SMILES string of the molecule is COc1cc(-c2cc(N)n[nH]2)c(OC)c(C(F)(F)F)c1. The van der Waals surface area contributed by atoms with Gasteiger partial charge in [-0.25, -0.2) is 0 Å². The number of halogens is 3. The molecular weight excluding hydrogens is 275 g/mol. The van der Waals surface area contributed by atoms with Crippen LogP contribution in [-0.4, -0.2) is 24.4 Å². The first-order chi connectivity index (χ1) is 9.36. The summed E-state index contributed by atoms with van der Waals surface area (Å²) in [5.74, 6) is -0.0957. The number of aromatic nitrogens is 2. The summed E-state index contributed by atoms with van der Waals surface area (Å²) < 4.78 is 49.0. The van der Waals surface area contributed by atoms with E-state index in [4.69, 9.17) is 15.2 Å². The molecule has 0 saturated carbocycles. The summed E-state index contributed by atoms with van der Waals surface area (Å²) in [6.45, 7) is 0. The summed E-state index contributed by atoms with van der Waals surface area (Å²) in [4.78, 5) is 0. The molecule has 1 aromatic heterocycles. The molecule has 1 aromatic carbocycles. The molecule has 0 aliphatic rings. The summed E-state index contributed by atoms with van der Waals surface area (Å²) in [6, 6.07) is 3.71. The molecule has 8 heteroatoms. The van der Waals surface area contributed by atoms with Gasteiger partial charge in [-0.15, -0.1) is 0 Å². The van der Waals surface area contributed by atoms with Gasteiger partial charge in [-0.05, 0) is 12.1 Å². The van der Waals surface area contributed by atoms with Gasteiger partial charge in [0.15, 0.2) is 0 Å². The lowest BCUT2D eigenvalue weighted by atomic mass is 10.0. The van der Waals surface area contributed by atoms with E-state index < -0.39 is 11.7 Å². The third-order valence-corrected chi connectivity index (χ3v) is 2.70. The van der Waals surface area contributed by atoms with Crippen molar-refractivity contribution in [3.63, 3.8) is 0 Å². The van der Waals surface area contributed by atoms with Crippen molar-refractivity contribution < 1.29 is 22.6 Å². The Labute approximate surface area is 112 Å². The van der Waals surface area contributed by atoms with E-state index in [2.05, 4.69) is 10.2 Å². The Bertz CT molecular complexity index is 623. The largest absolute Gasteiger partial charge is 0.497 e. The molecule has 0 aliphatic heterocycles. The maximum absolute atomic E-state index is 13.1. The molecule has 2 aromatic rings. The Morgan fingerprint density at radius 2 is 1.85 bits per heavy atom. The summed E-state index contributed by atoms with van der Waals surface area (Å²) in [6.07, 6.45) is -4.57. The Balaban J connectivity index is 2.72. The van der Waals surface area contributed by atoms with E-state index in [0.717, 1.165) is 6.07 Å². The predicted molar refractivity (Wildman–Crippen MR) is 66.5 cm³/mol. The molecule has 0 spiro atoms. The monoisotopic (exact) mass is 287 g/mol. The normalized spacial score (nSPS) is 11.4. The molecule has 5 nitrogen and oxygen atoms in total. The second-order valence-corrected chi connectivity index (χ2v) is 3.96. The molecule has 0 fully saturated rings. The van der Waals surface area contributed by atoms with Crippen LogP contribution in [0, 0.1) is 0 Å². The van der Waals surface area contributed by atoms with Crippen LogP contribution >= 0.6 is 0 Å². The maximum atomic E-state index is 13.1. The van der Waals surface area contributed by atoms with Crippen LogP contribution in [0.15, 0.2) is 18.2 Å². The first-order valence-electron chi connectivity index (χ1n) is 5.51. The molecule has 0 bridgehead atoms. The summed E-state index contributed by atoms with van der Waals surface area (Å²) in [7, 11) is 2.45. The van der Waals surface area contributed by atoms with E-state index in [1.54, 1.807) is 0 Å². The van der Waals surface area contributed by atoms with Crippen molar-refractivity contribution in [2.45, 2.75) is 6.18 Å². The highest BCUT2D eigenvalue weighted by molar-refractivity contribution is 5.73. The lowest BCUT2D eigenvalue weighted by molar-refractivity contribution is -0.138. The minimum absolute atomic E-state index is 0.0568. The number of aromatic amines is 1. The highest BCUT2D eigenvalue weighted by atomic mass is 19.4. The number of nitrogens with two attached hydrogens (primary N) is 1. The third kappa shape index (κ3) is 2.49. The van der Waals surface area contributed by atoms with Gasteiger partial charge in [0.2, 0.25) is 0 Å². The van der Waals surface area contributed by atoms with Crippen LogP contribution in [0.2, 0.25) is 0 Å². The Morgan fingerprint density at radius 1 is 1.15 bits per heavy atom. The minimum atomic E-state index is -4.57. The van der Waals surface area contributed by atoms with Gasteiger partial charge in [0.25, 0.3) is 0 Å². The summed E-state index contributed by atoms with van der Waals surface area (Å²) in [5, 5.41) is 6.24. The summed E-state index contributed by atoms with van der Waals surface area (Å²) in [5.41, 5.74) is 5.02. The lowest BCUT2D eigenvalue weighted by Gasteiger charge is -2.16. The fourth-order valence-electron chi connectivity index (χ4n) is 1.83. The van der Waals surface area contributed by atoms with Crippen LogP contribution in [0.5, 0.6) is 11.5 Å². The number of benzene rings is 1. The number of H-pyrrole nitrogens is 1. The van der Waals surface area contributed by atoms with Crippen molar-refractivity contribution in [1.82, 2.24) is 10.2 Å². The van der Waals surface area contributed by atoms with Gasteiger partial charge in [-0.3, -0.25) is 5.10 Å². The number of hydrogen-bond acceptors (Lipinski definition) is 4. The number of methoxy groups -OCH3 is 2. The van der Waals surface area contributed by atoms with E-state index in [-0.39, 0.29) is 22.9 Å². The Kier molecular flexibility index (Phi) is 3.47. The third-order valence-electron chi connectivity index (χ3n) is 2.70. The number of alkyl halides is 3. The average Bonchev–Trinajstić information content (AvgIpc) is 2.82. The number of rotatable bonds is 3. The molecule has 1 heterocycles. The lowest BCUT2D eigenvalue weighted by Crippen LogP contribution is -2.09. The number of hydrogen-bond donors (Lipinski definition) is 2. The van der Waals surface area contributed by atoms with Crippen LogP contribution in [0.25, 0.3) is 11.3 Å². The molecule has 0 unspecified atom stereocenters. The Hall–Kier alpha value is -2.38. The van der Waals surface area contributed by atoms with Gasteiger partial charge in [0, 0.05) is 11.6 Å². The minimum Gasteiger partial charge on any atom is -0.497 e. The molecule has 2 rings (SSSR count). The van der Waals surface area contributed by atoms with Crippen molar-refractivity contribution in [3.05, 3.63) is 23.8 Å².